The fraction of sp³-hybridized carbons (Fsp3) is 0.222. The number of nitrogens with zero attached hydrogens (tertiary/aromatic N) is 2. The third kappa shape index (κ3) is 6.31. The summed E-state index contributed by atoms with van der Waals surface area (Å²) >= 11 is 0. The minimum atomic E-state index is -0.730. The van der Waals surface area contributed by atoms with E-state index in [0.717, 1.165) is 5.69 Å². The van der Waals surface area contributed by atoms with Crippen LogP contribution in [0.4, 0.5) is 17.1 Å². The zero-order valence-electron chi connectivity index (χ0n) is 14.9. The summed E-state index contributed by atoms with van der Waals surface area (Å²) < 4.78 is 9.98. The molecule has 0 saturated carbocycles. The van der Waals surface area contributed by atoms with Gasteiger partial charge in [0.1, 0.15) is 5.75 Å². The molecule has 0 fully saturated rings. The number of esters is 1. The molecule has 27 heavy (non-hydrogen) atoms. The fourth-order valence-corrected chi connectivity index (χ4v) is 2.03. The molecule has 2 aromatic carbocycles. The number of nitro groups is 1. The molecule has 0 aliphatic carbocycles. The van der Waals surface area contributed by atoms with Crippen molar-refractivity contribution in [1.29, 1.82) is 0 Å². The third-order valence-electron chi connectivity index (χ3n) is 3.44. The predicted molar refractivity (Wildman–Crippen MR) is 98.9 cm³/mol. The average Bonchev–Trinajstić information content (AvgIpc) is 2.65. The summed E-state index contributed by atoms with van der Waals surface area (Å²) in [5.41, 5.74) is 1.49. The fourth-order valence-electron chi connectivity index (χ4n) is 2.03. The van der Waals surface area contributed by atoms with Gasteiger partial charge in [-0.1, -0.05) is 0 Å². The molecule has 0 saturated heterocycles. The van der Waals surface area contributed by atoms with Gasteiger partial charge in [-0.25, -0.2) is 4.79 Å². The lowest BCUT2D eigenvalue weighted by atomic mass is 10.2. The number of nitro benzene ring substituents is 1. The molecule has 9 heteroatoms. The van der Waals surface area contributed by atoms with Crippen LogP contribution in [0.15, 0.2) is 48.5 Å². The van der Waals surface area contributed by atoms with E-state index < -0.39 is 30.0 Å². The zero-order chi connectivity index (χ0) is 19.8. The highest BCUT2D eigenvalue weighted by Gasteiger charge is 2.10. The van der Waals surface area contributed by atoms with Gasteiger partial charge in [-0.2, -0.15) is 0 Å². The monoisotopic (exact) mass is 373 g/mol. The highest BCUT2D eigenvalue weighted by molar-refractivity contribution is 5.93. The molecule has 0 unspecified atom stereocenters. The second-order valence-corrected chi connectivity index (χ2v) is 5.69. The van der Waals surface area contributed by atoms with Crippen molar-refractivity contribution in [1.82, 2.24) is 0 Å². The predicted octanol–water partition coefficient (Wildman–Crippen LogP) is 2.22. The van der Waals surface area contributed by atoms with E-state index in [2.05, 4.69) is 5.32 Å². The normalized spacial score (nSPS) is 10.0. The number of carbonyl (C=O) groups is 2. The molecule has 0 aromatic heterocycles. The zero-order valence-corrected chi connectivity index (χ0v) is 14.9. The van der Waals surface area contributed by atoms with Crippen molar-refractivity contribution in [2.75, 3.05) is 37.5 Å². The molecule has 0 aliphatic heterocycles. The summed E-state index contributed by atoms with van der Waals surface area (Å²) in [6, 6.07) is 12.4. The van der Waals surface area contributed by atoms with E-state index in [1.54, 1.807) is 12.1 Å². The van der Waals surface area contributed by atoms with Crippen molar-refractivity contribution >= 4 is 28.9 Å². The maximum Gasteiger partial charge on any atom is 0.344 e. The number of nitrogens with one attached hydrogen (secondary N) is 1. The molecular weight excluding hydrogens is 354 g/mol. The summed E-state index contributed by atoms with van der Waals surface area (Å²) in [5, 5.41) is 13.2. The van der Waals surface area contributed by atoms with Crippen LogP contribution in [0.5, 0.6) is 5.75 Å². The van der Waals surface area contributed by atoms with Gasteiger partial charge in [-0.05, 0) is 36.4 Å². The number of anilines is 2. The van der Waals surface area contributed by atoms with Crippen molar-refractivity contribution in [3.63, 3.8) is 0 Å². The van der Waals surface area contributed by atoms with E-state index in [4.69, 9.17) is 9.47 Å². The van der Waals surface area contributed by atoms with Crippen molar-refractivity contribution in [2.45, 2.75) is 0 Å². The number of non-ortho nitro benzene ring substituents is 1. The molecule has 0 heterocycles. The van der Waals surface area contributed by atoms with E-state index in [1.165, 1.54) is 24.3 Å². The third-order valence-corrected chi connectivity index (χ3v) is 3.44. The minimum Gasteiger partial charge on any atom is -0.482 e. The topological polar surface area (TPSA) is 111 Å². The molecule has 9 nitrogen and oxygen atoms in total. The first kappa shape index (κ1) is 19.7. The molecule has 1 N–H and O–H groups in total. The lowest BCUT2D eigenvalue weighted by Crippen LogP contribution is -2.23. The van der Waals surface area contributed by atoms with Gasteiger partial charge in [0.2, 0.25) is 0 Å². The van der Waals surface area contributed by atoms with Crippen molar-refractivity contribution in [3.05, 3.63) is 58.6 Å². The van der Waals surface area contributed by atoms with Gasteiger partial charge < -0.3 is 19.7 Å². The van der Waals surface area contributed by atoms with Crippen LogP contribution in [0.1, 0.15) is 0 Å². The number of carbonyl (C=O) groups excluding carboxylic acids is 2. The first-order chi connectivity index (χ1) is 12.8. The van der Waals surface area contributed by atoms with Gasteiger partial charge in [0.05, 0.1) is 4.92 Å². The van der Waals surface area contributed by atoms with E-state index >= 15 is 0 Å². The summed E-state index contributed by atoms with van der Waals surface area (Å²) in [5.74, 6) is -0.925. The van der Waals surface area contributed by atoms with Crippen molar-refractivity contribution in [3.8, 4) is 5.75 Å². The average molecular weight is 373 g/mol. The lowest BCUT2D eigenvalue weighted by Gasteiger charge is -2.13. The number of ether oxygens (including phenoxy) is 2. The van der Waals surface area contributed by atoms with Crippen LogP contribution in [0.3, 0.4) is 0 Å². The van der Waals surface area contributed by atoms with E-state index in [9.17, 15) is 19.7 Å². The quantitative estimate of drug-likeness (QED) is 0.429. The lowest BCUT2D eigenvalue weighted by molar-refractivity contribution is -0.384. The molecule has 2 aromatic rings. The largest absolute Gasteiger partial charge is 0.482 e. The Bertz CT molecular complexity index is 803. The Labute approximate surface area is 155 Å². The molecule has 0 bridgehead atoms. The summed E-state index contributed by atoms with van der Waals surface area (Å²) in [6.45, 7) is -0.861. The second kappa shape index (κ2) is 9.18. The molecule has 142 valence electrons. The maximum absolute atomic E-state index is 11.8. The Hall–Kier alpha value is -3.62. The first-order valence-electron chi connectivity index (χ1n) is 7.95. The smallest absolute Gasteiger partial charge is 0.344 e. The summed E-state index contributed by atoms with van der Waals surface area (Å²) in [6.07, 6.45) is 0. The number of rotatable bonds is 8. The van der Waals surface area contributed by atoms with Gasteiger partial charge >= 0.3 is 5.97 Å². The maximum atomic E-state index is 11.8. The second-order valence-electron chi connectivity index (χ2n) is 5.69. The molecule has 0 aliphatic rings. The van der Waals surface area contributed by atoms with Gasteiger partial charge in [0.25, 0.3) is 11.6 Å². The van der Waals surface area contributed by atoms with Gasteiger partial charge in [0, 0.05) is 37.6 Å². The van der Waals surface area contributed by atoms with E-state index in [-0.39, 0.29) is 11.4 Å². The van der Waals surface area contributed by atoms with Crippen LogP contribution in [0.25, 0.3) is 0 Å². The number of hydrogen-bond donors (Lipinski definition) is 1. The van der Waals surface area contributed by atoms with Gasteiger partial charge in [0.15, 0.2) is 13.2 Å². The van der Waals surface area contributed by atoms with Crippen molar-refractivity contribution in [2.24, 2.45) is 0 Å². The first-order valence-corrected chi connectivity index (χ1v) is 7.95. The van der Waals surface area contributed by atoms with Gasteiger partial charge in [-0.15, -0.1) is 0 Å². The van der Waals surface area contributed by atoms with Crippen LogP contribution in [-0.4, -0.2) is 44.1 Å². The SMILES string of the molecule is CN(C)c1ccc(NC(=O)COC(=O)COc2ccc([N+](=O)[O-])cc2)cc1. The molecule has 0 atom stereocenters. The van der Waals surface area contributed by atoms with Crippen LogP contribution in [-0.2, 0) is 14.3 Å². The number of amides is 1. The number of benzene rings is 2. The molecular formula is C18H19N3O6. The molecule has 1 amide bonds. The molecule has 2 rings (SSSR count). The standard InChI is InChI=1S/C18H19N3O6/c1-20(2)14-5-3-13(4-6-14)19-17(22)11-27-18(23)12-26-16-9-7-15(8-10-16)21(24)25/h3-10H,11-12H2,1-2H3,(H,19,22). The molecule has 0 radical (unpaired) electrons. The van der Waals surface area contributed by atoms with Crippen LogP contribution >= 0.6 is 0 Å². The summed E-state index contributed by atoms with van der Waals surface area (Å²) in [4.78, 5) is 35.4. The Morgan fingerprint density at radius 3 is 2.22 bits per heavy atom. The Kier molecular flexibility index (Phi) is 6.70. The van der Waals surface area contributed by atoms with Crippen molar-refractivity contribution < 1.29 is 24.0 Å². The molecule has 0 spiro atoms. The van der Waals surface area contributed by atoms with Crippen LogP contribution < -0.4 is 15.0 Å². The summed E-state index contributed by atoms with van der Waals surface area (Å²) in [7, 11) is 3.82. The number of hydrogen-bond acceptors (Lipinski definition) is 7. The van der Waals surface area contributed by atoms with Crippen LogP contribution in [0, 0.1) is 10.1 Å². The van der Waals surface area contributed by atoms with Gasteiger partial charge in [-0.3, -0.25) is 14.9 Å². The van der Waals surface area contributed by atoms with E-state index in [0.29, 0.717) is 5.69 Å². The van der Waals surface area contributed by atoms with E-state index in [1.807, 2.05) is 31.1 Å². The van der Waals surface area contributed by atoms with Crippen LogP contribution in [0.2, 0.25) is 0 Å². The highest BCUT2D eigenvalue weighted by Crippen LogP contribution is 2.17. The Balaban J connectivity index is 1.72. The Morgan fingerprint density at radius 2 is 1.67 bits per heavy atom. The Morgan fingerprint density at radius 1 is 1.04 bits per heavy atom. The highest BCUT2D eigenvalue weighted by atomic mass is 16.6. The minimum absolute atomic E-state index is 0.0831.